The van der Waals surface area contributed by atoms with E-state index >= 15 is 0 Å². The fourth-order valence-corrected chi connectivity index (χ4v) is 3.06. The highest BCUT2D eigenvalue weighted by molar-refractivity contribution is 6.30. The number of ether oxygens (including phenoxy) is 1. The van der Waals surface area contributed by atoms with Gasteiger partial charge in [0.2, 0.25) is 5.91 Å². The Morgan fingerprint density at radius 2 is 1.75 bits per heavy atom. The van der Waals surface area contributed by atoms with Crippen LogP contribution in [0.1, 0.15) is 23.6 Å². The summed E-state index contributed by atoms with van der Waals surface area (Å²) in [5, 5.41) is 6.79. The number of carbonyl (C=O) groups excluding carboxylic acids is 1. The Kier molecular flexibility index (Phi) is 6.56. The molecule has 0 saturated heterocycles. The van der Waals surface area contributed by atoms with Crippen molar-refractivity contribution in [2.24, 2.45) is 0 Å². The molecular formula is C23H23ClN2O2. The number of hydrogen-bond acceptors (Lipinski definition) is 3. The van der Waals surface area contributed by atoms with Gasteiger partial charge in [-0.2, -0.15) is 0 Å². The Labute approximate surface area is 170 Å². The Balaban J connectivity index is 1.66. The summed E-state index contributed by atoms with van der Waals surface area (Å²) in [6, 6.07) is 21.5. The van der Waals surface area contributed by atoms with Crippen molar-refractivity contribution in [1.82, 2.24) is 0 Å². The average molecular weight is 395 g/mol. The molecule has 3 aromatic rings. The van der Waals surface area contributed by atoms with E-state index in [4.69, 9.17) is 16.3 Å². The fourth-order valence-electron chi connectivity index (χ4n) is 2.86. The Morgan fingerprint density at radius 3 is 2.46 bits per heavy atom. The number of benzene rings is 3. The van der Waals surface area contributed by atoms with E-state index in [9.17, 15) is 4.79 Å². The number of hydrogen-bond donors (Lipinski definition) is 2. The summed E-state index contributed by atoms with van der Waals surface area (Å²) in [5.74, 6) is 0.711. The van der Waals surface area contributed by atoms with Crippen molar-refractivity contribution in [1.29, 1.82) is 0 Å². The van der Waals surface area contributed by atoms with Crippen LogP contribution in [0.4, 0.5) is 11.4 Å². The third-order valence-corrected chi connectivity index (χ3v) is 4.42. The van der Waals surface area contributed by atoms with Gasteiger partial charge in [-0.25, -0.2) is 0 Å². The van der Waals surface area contributed by atoms with Gasteiger partial charge in [0.05, 0.1) is 0 Å². The molecule has 0 radical (unpaired) electrons. The predicted octanol–water partition coefficient (Wildman–Crippen LogP) is 5.80. The molecule has 4 nitrogen and oxygen atoms in total. The van der Waals surface area contributed by atoms with Crippen LogP contribution in [0.3, 0.4) is 0 Å². The fraction of sp³-hybridized carbons (Fsp3) is 0.174. The van der Waals surface area contributed by atoms with Crippen LogP contribution >= 0.6 is 11.6 Å². The smallest absolute Gasteiger partial charge is 0.221 e. The number of aryl methyl sites for hydroxylation is 1. The standard InChI is InChI=1S/C23H23ClN2O2/c1-16-4-3-5-18(12-16)15-28-23-11-6-20(24)13-19(23)14-25-21-7-9-22(10-8-21)26-17(2)27/h3-13,25H,14-15H2,1-2H3,(H,26,27). The number of rotatable bonds is 7. The normalized spacial score (nSPS) is 10.4. The number of nitrogens with one attached hydrogen (secondary N) is 2. The van der Waals surface area contributed by atoms with Gasteiger partial charge in [-0.05, 0) is 55.0 Å². The molecule has 0 atom stereocenters. The highest BCUT2D eigenvalue weighted by Crippen LogP contribution is 2.25. The first-order valence-corrected chi connectivity index (χ1v) is 9.46. The summed E-state index contributed by atoms with van der Waals surface area (Å²) in [7, 11) is 0. The molecule has 0 bridgehead atoms. The van der Waals surface area contributed by atoms with Crippen molar-refractivity contribution in [3.63, 3.8) is 0 Å². The SMILES string of the molecule is CC(=O)Nc1ccc(NCc2cc(Cl)ccc2OCc2cccc(C)c2)cc1. The highest BCUT2D eigenvalue weighted by atomic mass is 35.5. The zero-order valence-electron chi connectivity index (χ0n) is 16.0. The first-order valence-electron chi connectivity index (χ1n) is 9.08. The van der Waals surface area contributed by atoms with E-state index in [1.807, 2.05) is 48.5 Å². The lowest BCUT2D eigenvalue weighted by Crippen LogP contribution is -2.06. The van der Waals surface area contributed by atoms with Gasteiger partial charge in [0, 0.05) is 35.4 Å². The van der Waals surface area contributed by atoms with Crippen LogP contribution < -0.4 is 15.4 Å². The summed E-state index contributed by atoms with van der Waals surface area (Å²) in [6.07, 6.45) is 0. The maximum Gasteiger partial charge on any atom is 0.221 e. The Bertz CT molecular complexity index is 955. The maximum atomic E-state index is 11.1. The van der Waals surface area contributed by atoms with E-state index in [-0.39, 0.29) is 5.91 Å². The van der Waals surface area contributed by atoms with Crippen molar-refractivity contribution in [3.05, 3.63) is 88.4 Å². The van der Waals surface area contributed by atoms with Gasteiger partial charge in [0.15, 0.2) is 0 Å². The Morgan fingerprint density at radius 1 is 1.00 bits per heavy atom. The topological polar surface area (TPSA) is 50.4 Å². The molecule has 3 rings (SSSR count). The maximum absolute atomic E-state index is 11.1. The van der Waals surface area contributed by atoms with Crippen molar-refractivity contribution in [2.45, 2.75) is 27.0 Å². The first-order chi connectivity index (χ1) is 13.5. The highest BCUT2D eigenvalue weighted by Gasteiger charge is 2.06. The average Bonchev–Trinajstić information content (AvgIpc) is 2.66. The van der Waals surface area contributed by atoms with Crippen LogP contribution in [-0.4, -0.2) is 5.91 Å². The van der Waals surface area contributed by atoms with Crippen molar-refractivity contribution >= 4 is 28.9 Å². The van der Waals surface area contributed by atoms with Crippen LogP contribution in [0.25, 0.3) is 0 Å². The third-order valence-electron chi connectivity index (χ3n) is 4.19. The first kappa shape index (κ1) is 19.8. The third kappa shape index (κ3) is 5.76. The van der Waals surface area contributed by atoms with Crippen LogP contribution in [-0.2, 0) is 17.9 Å². The molecule has 5 heteroatoms. The molecular weight excluding hydrogens is 372 g/mol. The summed E-state index contributed by atoms with van der Waals surface area (Å²) >= 11 is 6.18. The molecule has 0 spiro atoms. The molecule has 28 heavy (non-hydrogen) atoms. The number of anilines is 2. The molecule has 0 unspecified atom stereocenters. The minimum atomic E-state index is -0.0879. The summed E-state index contributed by atoms with van der Waals surface area (Å²) in [5.41, 5.74) is 5.03. The summed E-state index contributed by atoms with van der Waals surface area (Å²) in [4.78, 5) is 11.1. The van der Waals surface area contributed by atoms with Gasteiger partial charge in [-0.15, -0.1) is 0 Å². The lowest BCUT2D eigenvalue weighted by molar-refractivity contribution is -0.114. The van der Waals surface area contributed by atoms with E-state index in [1.54, 1.807) is 0 Å². The second-order valence-electron chi connectivity index (χ2n) is 6.64. The van der Waals surface area contributed by atoms with Crippen molar-refractivity contribution in [2.75, 3.05) is 10.6 Å². The van der Waals surface area contributed by atoms with Crippen LogP contribution in [0.5, 0.6) is 5.75 Å². The van der Waals surface area contributed by atoms with E-state index in [0.717, 1.165) is 28.3 Å². The molecule has 0 heterocycles. The molecule has 144 valence electrons. The van der Waals surface area contributed by atoms with Gasteiger partial charge in [-0.1, -0.05) is 41.4 Å². The van der Waals surface area contributed by atoms with Gasteiger partial charge in [0.1, 0.15) is 12.4 Å². The van der Waals surface area contributed by atoms with Gasteiger partial charge < -0.3 is 15.4 Å². The molecule has 1 amide bonds. The molecule has 0 fully saturated rings. The predicted molar refractivity (Wildman–Crippen MR) is 115 cm³/mol. The minimum Gasteiger partial charge on any atom is -0.489 e. The number of amides is 1. The van der Waals surface area contributed by atoms with E-state index in [2.05, 4.69) is 35.8 Å². The van der Waals surface area contributed by atoms with Crippen LogP contribution in [0.2, 0.25) is 5.02 Å². The van der Waals surface area contributed by atoms with E-state index in [1.165, 1.54) is 12.5 Å². The minimum absolute atomic E-state index is 0.0879. The summed E-state index contributed by atoms with van der Waals surface area (Å²) in [6.45, 7) is 4.63. The monoisotopic (exact) mass is 394 g/mol. The van der Waals surface area contributed by atoms with Gasteiger partial charge in [-0.3, -0.25) is 4.79 Å². The van der Waals surface area contributed by atoms with E-state index in [0.29, 0.717) is 18.2 Å². The molecule has 2 N–H and O–H groups in total. The van der Waals surface area contributed by atoms with Crippen molar-refractivity contribution in [3.8, 4) is 5.75 Å². The quantitative estimate of drug-likeness (QED) is 0.532. The molecule has 0 saturated carbocycles. The van der Waals surface area contributed by atoms with Gasteiger partial charge >= 0.3 is 0 Å². The number of halogens is 1. The zero-order chi connectivity index (χ0) is 19.9. The molecule has 0 aromatic heterocycles. The molecule has 3 aromatic carbocycles. The molecule has 0 aliphatic carbocycles. The van der Waals surface area contributed by atoms with Crippen LogP contribution in [0.15, 0.2) is 66.7 Å². The van der Waals surface area contributed by atoms with Crippen molar-refractivity contribution < 1.29 is 9.53 Å². The van der Waals surface area contributed by atoms with Gasteiger partial charge in [0.25, 0.3) is 0 Å². The second-order valence-corrected chi connectivity index (χ2v) is 7.08. The Hall–Kier alpha value is -2.98. The molecule has 0 aliphatic rings. The lowest BCUT2D eigenvalue weighted by Gasteiger charge is -2.14. The zero-order valence-corrected chi connectivity index (χ0v) is 16.7. The largest absolute Gasteiger partial charge is 0.489 e. The second kappa shape index (κ2) is 9.29. The summed E-state index contributed by atoms with van der Waals surface area (Å²) < 4.78 is 6.04. The van der Waals surface area contributed by atoms with E-state index < -0.39 is 0 Å². The lowest BCUT2D eigenvalue weighted by atomic mass is 10.1. The number of carbonyl (C=O) groups is 1. The molecule has 0 aliphatic heterocycles. The van der Waals surface area contributed by atoms with Crippen LogP contribution in [0, 0.1) is 6.92 Å².